The van der Waals surface area contributed by atoms with Crippen molar-refractivity contribution in [3.8, 4) is 11.8 Å². The van der Waals surface area contributed by atoms with Crippen molar-refractivity contribution < 1.29 is 4.74 Å². The molecular formula is C15H19N3O. The molecule has 0 unspecified atom stereocenters. The number of hydrogen-bond acceptors (Lipinski definition) is 4. The lowest BCUT2D eigenvalue weighted by molar-refractivity contribution is 0.422. The van der Waals surface area contributed by atoms with Gasteiger partial charge in [-0.05, 0) is 18.4 Å². The van der Waals surface area contributed by atoms with Crippen molar-refractivity contribution in [2.24, 2.45) is 0 Å². The van der Waals surface area contributed by atoms with E-state index in [1.54, 1.807) is 0 Å². The Hall–Kier alpha value is -2.10. The van der Waals surface area contributed by atoms with Crippen LogP contribution in [0.25, 0.3) is 0 Å². The van der Waals surface area contributed by atoms with E-state index >= 15 is 0 Å². The maximum atomic E-state index is 5.77. The number of benzene rings is 1. The van der Waals surface area contributed by atoms with Gasteiger partial charge < -0.3 is 10.5 Å². The fourth-order valence-electron chi connectivity index (χ4n) is 1.80. The number of nitrogens with zero attached hydrogens (tertiary/aromatic N) is 2. The molecule has 0 saturated heterocycles. The Morgan fingerprint density at radius 3 is 2.32 bits per heavy atom. The van der Waals surface area contributed by atoms with Crippen LogP contribution in [0.1, 0.15) is 31.9 Å². The smallest absolute Gasteiger partial charge is 0.322 e. The van der Waals surface area contributed by atoms with E-state index in [0.29, 0.717) is 11.7 Å². The maximum absolute atomic E-state index is 5.77. The highest BCUT2D eigenvalue weighted by molar-refractivity contribution is 5.42. The molecule has 0 fully saturated rings. The lowest BCUT2D eigenvalue weighted by Gasteiger charge is -2.22. The van der Waals surface area contributed by atoms with E-state index in [1.165, 1.54) is 18.0 Å². The molecule has 1 aromatic heterocycles. The van der Waals surface area contributed by atoms with E-state index in [-0.39, 0.29) is 5.41 Å². The Balaban J connectivity index is 2.37. The summed E-state index contributed by atoms with van der Waals surface area (Å²) in [5.41, 5.74) is 8.41. The van der Waals surface area contributed by atoms with Crippen molar-refractivity contribution in [3.05, 3.63) is 41.7 Å². The normalized spacial score (nSPS) is 11.4. The molecule has 2 aromatic rings. The fourth-order valence-corrected chi connectivity index (χ4v) is 1.80. The summed E-state index contributed by atoms with van der Waals surface area (Å²) >= 11 is 0. The number of aryl methyl sites for hydroxylation is 1. The van der Waals surface area contributed by atoms with E-state index < -0.39 is 0 Å². The molecule has 1 aromatic carbocycles. The zero-order chi connectivity index (χ0) is 14.0. The van der Waals surface area contributed by atoms with Gasteiger partial charge in [0.15, 0.2) is 0 Å². The van der Waals surface area contributed by atoms with Crippen LogP contribution in [0.4, 0.5) is 5.69 Å². The number of nitrogen functional groups attached to an aromatic ring is 1. The van der Waals surface area contributed by atoms with E-state index in [4.69, 9.17) is 10.5 Å². The van der Waals surface area contributed by atoms with Gasteiger partial charge in [-0.2, -0.15) is 0 Å². The third-order valence-electron chi connectivity index (χ3n) is 2.79. The van der Waals surface area contributed by atoms with Gasteiger partial charge in [-0.25, -0.2) is 9.97 Å². The van der Waals surface area contributed by atoms with Crippen LogP contribution in [0.2, 0.25) is 0 Å². The van der Waals surface area contributed by atoms with Crippen LogP contribution in [0.5, 0.6) is 11.8 Å². The molecule has 0 radical (unpaired) electrons. The fraction of sp³-hybridized carbons (Fsp3) is 0.333. The minimum Gasteiger partial charge on any atom is -0.424 e. The monoisotopic (exact) mass is 257 g/mol. The van der Waals surface area contributed by atoms with Gasteiger partial charge in [0.2, 0.25) is 0 Å². The second-order valence-electron chi connectivity index (χ2n) is 5.65. The Bertz CT molecular complexity index is 571. The third kappa shape index (κ3) is 3.22. The Morgan fingerprint density at radius 1 is 1.11 bits per heavy atom. The molecule has 0 aliphatic rings. The molecule has 19 heavy (non-hydrogen) atoms. The molecule has 2 N–H and O–H groups in total. The molecule has 0 spiro atoms. The van der Waals surface area contributed by atoms with Crippen molar-refractivity contribution in [2.45, 2.75) is 33.1 Å². The Kier molecular flexibility index (Phi) is 3.42. The highest BCUT2D eigenvalue weighted by Gasteiger charge is 2.20. The van der Waals surface area contributed by atoms with Crippen molar-refractivity contribution in [2.75, 3.05) is 5.73 Å². The van der Waals surface area contributed by atoms with Crippen molar-refractivity contribution in [3.63, 3.8) is 0 Å². The van der Waals surface area contributed by atoms with Crippen LogP contribution >= 0.6 is 0 Å². The van der Waals surface area contributed by atoms with E-state index in [9.17, 15) is 0 Å². The Morgan fingerprint density at radius 2 is 1.74 bits per heavy atom. The van der Waals surface area contributed by atoms with Crippen LogP contribution in [-0.2, 0) is 5.41 Å². The molecule has 100 valence electrons. The van der Waals surface area contributed by atoms with Crippen LogP contribution in [0.15, 0.2) is 30.6 Å². The van der Waals surface area contributed by atoms with Crippen molar-refractivity contribution in [1.82, 2.24) is 9.97 Å². The predicted molar refractivity (Wildman–Crippen MR) is 76.4 cm³/mol. The standard InChI is InChI=1S/C15H19N3O/c1-10-5-6-13(12(7-10)15(2,3)4)19-14-17-8-11(16)9-18-14/h5-9H,16H2,1-4H3. The van der Waals surface area contributed by atoms with Gasteiger partial charge in [-0.15, -0.1) is 0 Å². The number of anilines is 1. The van der Waals surface area contributed by atoms with Gasteiger partial charge in [0, 0.05) is 5.56 Å². The van der Waals surface area contributed by atoms with Gasteiger partial charge in [-0.3, -0.25) is 0 Å². The molecule has 4 heteroatoms. The largest absolute Gasteiger partial charge is 0.424 e. The molecule has 0 atom stereocenters. The highest BCUT2D eigenvalue weighted by atomic mass is 16.5. The van der Waals surface area contributed by atoms with E-state index in [0.717, 1.165) is 11.3 Å². The first-order valence-electron chi connectivity index (χ1n) is 6.23. The molecule has 0 bridgehead atoms. The summed E-state index contributed by atoms with van der Waals surface area (Å²) in [5, 5.41) is 0. The molecular weight excluding hydrogens is 238 g/mol. The van der Waals surface area contributed by atoms with Crippen LogP contribution < -0.4 is 10.5 Å². The van der Waals surface area contributed by atoms with E-state index in [2.05, 4.69) is 43.7 Å². The lowest BCUT2D eigenvalue weighted by atomic mass is 9.85. The zero-order valence-corrected chi connectivity index (χ0v) is 11.8. The van der Waals surface area contributed by atoms with Gasteiger partial charge >= 0.3 is 6.01 Å². The Labute approximate surface area is 113 Å². The molecule has 2 rings (SSSR count). The molecule has 0 saturated carbocycles. The third-order valence-corrected chi connectivity index (χ3v) is 2.79. The second-order valence-corrected chi connectivity index (χ2v) is 5.65. The summed E-state index contributed by atoms with van der Waals surface area (Å²) in [5.74, 6) is 0.780. The minimum atomic E-state index is -0.00480. The summed E-state index contributed by atoms with van der Waals surface area (Å²) in [7, 11) is 0. The van der Waals surface area contributed by atoms with Gasteiger partial charge in [0.05, 0.1) is 18.1 Å². The van der Waals surface area contributed by atoms with Crippen molar-refractivity contribution in [1.29, 1.82) is 0 Å². The molecule has 1 heterocycles. The summed E-state index contributed by atoms with van der Waals surface area (Å²) in [6.45, 7) is 8.52. The molecule has 0 aliphatic heterocycles. The summed E-state index contributed by atoms with van der Waals surface area (Å²) in [6, 6.07) is 6.41. The van der Waals surface area contributed by atoms with Crippen molar-refractivity contribution >= 4 is 5.69 Å². The average Bonchev–Trinajstić information content (AvgIpc) is 2.33. The van der Waals surface area contributed by atoms with Crippen LogP contribution in [0.3, 0.4) is 0 Å². The summed E-state index contributed by atoms with van der Waals surface area (Å²) in [6.07, 6.45) is 3.07. The number of rotatable bonds is 2. The first kappa shape index (κ1) is 13.3. The van der Waals surface area contributed by atoms with Crippen LogP contribution in [-0.4, -0.2) is 9.97 Å². The average molecular weight is 257 g/mol. The number of hydrogen-bond donors (Lipinski definition) is 1. The predicted octanol–water partition coefficient (Wildman–Crippen LogP) is 3.46. The highest BCUT2D eigenvalue weighted by Crippen LogP contribution is 2.33. The molecule has 0 aliphatic carbocycles. The minimum absolute atomic E-state index is 0.00480. The van der Waals surface area contributed by atoms with Crippen LogP contribution in [0, 0.1) is 6.92 Å². The topological polar surface area (TPSA) is 61.0 Å². The first-order chi connectivity index (χ1) is 8.86. The lowest BCUT2D eigenvalue weighted by Crippen LogP contribution is -2.13. The SMILES string of the molecule is Cc1ccc(Oc2ncc(N)cn2)c(C(C)(C)C)c1. The van der Waals surface area contributed by atoms with E-state index in [1.807, 2.05) is 12.1 Å². The number of nitrogens with two attached hydrogens (primary N) is 1. The van der Waals surface area contributed by atoms with Gasteiger partial charge in [-0.1, -0.05) is 38.5 Å². The maximum Gasteiger partial charge on any atom is 0.322 e. The second kappa shape index (κ2) is 4.88. The summed E-state index contributed by atoms with van der Waals surface area (Å²) < 4.78 is 5.77. The van der Waals surface area contributed by atoms with Gasteiger partial charge in [0.25, 0.3) is 0 Å². The van der Waals surface area contributed by atoms with Gasteiger partial charge in [0.1, 0.15) is 5.75 Å². The molecule has 0 amide bonds. The number of ether oxygens (including phenoxy) is 1. The first-order valence-corrected chi connectivity index (χ1v) is 6.23. The zero-order valence-electron chi connectivity index (χ0n) is 11.8. The number of aromatic nitrogens is 2. The molecule has 4 nitrogen and oxygen atoms in total. The summed E-state index contributed by atoms with van der Waals surface area (Å²) in [4.78, 5) is 8.12. The quantitative estimate of drug-likeness (QED) is 0.895.